The van der Waals surface area contributed by atoms with Crippen LogP contribution in [-0.4, -0.2) is 28.3 Å². The van der Waals surface area contributed by atoms with E-state index in [0.717, 1.165) is 28.9 Å². The Labute approximate surface area is 188 Å². The minimum Gasteiger partial charge on any atom is -0.348 e. The summed E-state index contributed by atoms with van der Waals surface area (Å²) in [5.41, 5.74) is 0.600. The van der Waals surface area contributed by atoms with Crippen LogP contribution in [0.4, 0.5) is 24.5 Å². The molecule has 0 saturated carbocycles. The Morgan fingerprint density at radius 3 is 2.45 bits per heavy atom. The molecule has 9 heteroatoms. The highest BCUT2D eigenvalue weighted by Gasteiger charge is 2.53. The molecule has 6 nitrogen and oxygen atoms in total. The molecule has 1 aliphatic rings. The summed E-state index contributed by atoms with van der Waals surface area (Å²) in [5.74, 6) is -0.580. The number of nitrogens with one attached hydrogen (secondary N) is 2. The standard InChI is InChI=1S/C24H23F3N4O2/c1-14-9-17(24(25,26)27)11-18(10-14)30-22(33)23(21-28-7-8-29-21)12-19(32)31(13-23)20-15(2)5-4-6-16(20)3/h4-11H,12-13H2,1-3H3,(H,28,29)(H,30,33). The number of nitrogens with zero attached hydrogens (tertiary/aromatic N) is 2. The number of amides is 2. The van der Waals surface area contributed by atoms with Crippen LogP contribution < -0.4 is 10.2 Å². The Balaban J connectivity index is 1.73. The molecule has 2 aromatic carbocycles. The molecule has 2 heterocycles. The highest BCUT2D eigenvalue weighted by Crippen LogP contribution is 2.40. The summed E-state index contributed by atoms with van der Waals surface area (Å²) >= 11 is 0. The van der Waals surface area contributed by atoms with Gasteiger partial charge < -0.3 is 15.2 Å². The third-order valence-electron chi connectivity index (χ3n) is 5.94. The number of aryl methyl sites for hydroxylation is 3. The average Bonchev–Trinajstić information content (AvgIpc) is 3.36. The molecule has 0 radical (unpaired) electrons. The van der Waals surface area contributed by atoms with Crippen LogP contribution in [0.15, 0.2) is 48.8 Å². The summed E-state index contributed by atoms with van der Waals surface area (Å²) in [5, 5.41) is 2.61. The van der Waals surface area contributed by atoms with Gasteiger partial charge in [0.25, 0.3) is 0 Å². The van der Waals surface area contributed by atoms with E-state index >= 15 is 0 Å². The monoisotopic (exact) mass is 456 g/mol. The number of anilines is 2. The highest BCUT2D eigenvalue weighted by molar-refractivity contribution is 6.09. The minimum atomic E-state index is -4.55. The van der Waals surface area contributed by atoms with Crippen LogP contribution in [0.3, 0.4) is 0 Å². The maximum absolute atomic E-state index is 13.6. The summed E-state index contributed by atoms with van der Waals surface area (Å²) in [7, 11) is 0. The lowest BCUT2D eigenvalue weighted by Crippen LogP contribution is -2.44. The molecule has 2 N–H and O–H groups in total. The van der Waals surface area contributed by atoms with Crippen LogP contribution in [0.25, 0.3) is 0 Å². The van der Waals surface area contributed by atoms with Crippen LogP contribution in [0.5, 0.6) is 0 Å². The zero-order valence-electron chi connectivity index (χ0n) is 18.4. The highest BCUT2D eigenvalue weighted by atomic mass is 19.4. The molecule has 33 heavy (non-hydrogen) atoms. The van der Waals surface area contributed by atoms with E-state index in [1.807, 2.05) is 32.0 Å². The van der Waals surface area contributed by atoms with Gasteiger partial charge in [0.2, 0.25) is 11.8 Å². The molecule has 1 aromatic heterocycles. The van der Waals surface area contributed by atoms with Crippen molar-refractivity contribution in [3.63, 3.8) is 0 Å². The summed E-state index contributed by atoms with van der Waals surface area (Å²) in [6, 6.07) is 9.02. The number of para-hydroxylation sites is 1. The maximum Gasteiger partial charge on any atom is 0.416 e. The summed E-state index contributed by atoms with van der Waals surface area (Å²) in [6.07, 6.45) is -1.69. The summed E-state index contributed by atoms with van der Waals surface area (Å²) in [6.45, 7) is 5.30. The van der Waals surface area contributed by atoms with Crippen LogP contribution >= 0.6 is 0 Å². The van der Waals surface area contributed by atoms with Crippen LogP contribution in [0, 0.1) is 20.8 Å². The van der Waals surface area contributed by atoms with E-state index < -0.39 is 23.1 Å². The van der Waals surface area contributed by atoms with Gasteiger partial charge in [0, 0.05) is 30.3 Å². The number of carbonyl (C=O) groups excluding carboxylic acids is 2. The number of H-pyrrole nitrogens is 1. The Morgan fingerprint density at radius 2 is 1.85 bits per heavy atom. The van der Waals surface area contributed by atoms with E-state index in [1.165, 1.54) is 19.2 Å². The Hall–Kier alpha value is -3.62. The number of benzene rings is 2. The van der Waals surface area contributed by atoms with Crippen molar-refractivity contribution in [1.82, 2.24) is 9.97 Å². The van der Waals surface area contributed by atoms with Crippen molar-refractivity contribution < 1.29 is 22.8 Å². The fraction of sp³-hybridized carbons (Fsp3) is 0.292. The topological polar surface area (TPSA) is 78.1 Å². The third-order valence-corrected chi connectivity index (χ3v) is 5.94. The van der Waals surface area contributed by atoms with E-state index in [1.54, 1.807) is 11.1 Å². The first kappa shape index (κ1) is 22.6. The van der Waals surface area contributed by atoms with E-state index in [9.17, 15) is 22.8 Å². The maximum atomic E-state index is 13.6. The third kappa shape index (κ3) is 4.10. The lowest BCUT2D eigenvalue weighted by Gasteiger charge is -2.27. The largest absolute Gasteiger partial charge is 0.416 e. The van der Waals surface area contributed by atoms with Gasteiger partial charge in [-0.05, 0) is 55.7 Å². The molecule has 3 aromatic rings. The van der Waals surface area contributed by atoms with Crippen molar-refractivity contribution in [1.29, 1.82) is 0 Å². The molecule has 0 bridgehead atoms. The second kappa shape index (κ2) is 8.06. The first-order valence-corrected chi connectivity index (χ1v) is 10.4. The summed E-state index contributed by atoms with van der Waals surface area (Å²) in [4.78, 5) is 35.4. The Bertz CT molecular complexity index is 1200. The van der Waals surface area contributed by atoms with Crippen molar-refractivity contribution in [2.75, 3.05) is 16.8 Å². The predicted molar refractivity (Wildman–Crippen MR) is 118 cm³/mol. The van der Waals surface area contributed by atoms with Crippen molar-refractivity contribution in [3.05, 3.63) is 76.9 Å². The lowest BCUT2D eigenvalue weighted by molar-refractivity contribution is -0.137. The number of hydrogen-bond acceptors (Lipinski definition) is 3. The number of aromatic nitrogens is 2. The molecule has 1 fully saturated rings. The van der Waals surface area contributed by atoms with Gasteiger partial charge >= 0.3 is 6.18 Å². The van der Waals surface area contributed by atoms with E-state index in [2.05, 4.69) is 15.3 Å². The van der Waals surface area contributed by atoms with Crippen molar-refractivity contribution >= 4 is 23.2 Å². The molecule has 4 rings (SSSR count). The molecular formula is C24H23F3N4O2. The first-order chi connectivity index (χ1) is 15.5. The van der Waals surface area contributed by atoms with Gasteiger partial charge in [-0.25, -0.2) is 4.98 Å². The normalized spacial score (nSPS) is 18.6. The van der Waals surface area contributed by atoms with E-state index in [4.69, 9.17) is 0 Å². The van der Waals surface area contributed by atoms with Gasteiger partial charge in [-0.15, -0.1) is 0 Å². The molecular weight excluding hydrogens is 433 g/mol. The fourth-order valence-corrected chi connectivity index (χ4v) is 4.42. The number of aromatic amines is 1. The SMILES string of the molecule is Cc1cc(NC(=O)C2(c3ncc[nH]3)CC(=O)N(c3c(C)cccc3C)C2)cc(C(F)(F)F)c1. The van der Waals surface area contributed by atoms with E-state index in [0.29, 0.717) is 5.56 Å². The zero-order chi connectivity index (χ0) is 24.0. The Kier molecular flexibility index (Phi) is 5.51. The predicted octanol–water partition coefficient (Wildman–Crippen LogP) is 4.67. The molecule has 1 aliphatic heterocycles. The van der Waals surface area contributed by atoms with Crippen molar-refractivity contribution in [2.45, 2.75) is 38.8 Å². The fourth-order valence-electron chi connectivity index (χ4n) is 4.42. The zero-order valence-corrected chi connectivity index (χ0v) is 18.4. The number of carbonyl (C=O) groups is 2. The molecule has 1 unspecified atom stereocenters. The number of hydrogen-bond donors (Lipinski definition) is 2. The second-order valence-corrected chi connectivity index (χ2v) is 8.46. The van der Waals surface area contributed by atoms with Gasteiger partial charge in [-0.1, -0.05) is 18.2 Å². The second-order valence-electron chi connectivity index (χ2n) is 8.46. The van der Waals surface area contributed by atoms with Crippen molar-refractivity contribution in [2.24, 2.45) is 0 Å². The minimum absolute atomic E-state index is 0.00875. The Morgan fingerprint density at radius 1 is 1.15 bits per heavy atom. The van der Waals surface area contributed by atoms with Crippen LogP contribution in [-0.2, 0) is 21.2 Å². The van der Waals surface area contributed by atoms with Gasteiger partial charge in [0.05, 0.1) is 12.0 Å². The molecule has 2 amide bonds. The van der Waals surface area contributed by atoms with Gasteiger partial charge in [0.15, 0.2) is 0 Å². The molecule has 172 valence electrons. The number of rotatable bonds is 4. The lowest BCUT2D eigenvalue weighted by atomic mass is 9.84. The van der Waals surface area contributed by atoms with Gasteiger partial charge in [-0.2, -0.15) is 13.2 Å². The summed E-state index contributed by atoms with van der Waals surface area (Å²) < 4.78 is 39.8. The smallest absolute Gasteiger partial charge is 0.348 e. The molecule has 0 aliphatic carbocycles. The molecule has 0 spiro atoms. The average molecular weight is 456 g/mol. The van der Waals surface area contributed by atoms with Crippen LogP contribution in [0.2, 0.25) is 0 Å². The van der Waals surface area contributed by atoms with E-state index in [-0.39, 0.29) is 30.4 Å². The number of imidazole rings is 1. The first-order valence-electron chi connectivity index (χ1n) is 10.4. The molecule has 1 atom stereocenters. The number of halogens is 3. The van der Waals surface area contributed by atoms with Gasteiger partial charge in [-0.3, -0.25) is 9.59 Å². The van der Waals surface area contributed by atoms with Crippen LogP contribution in [0.1, 0.15) is 34.5 Å². The quantitative estimate of drug-likeness (QED) is 0.599. The van der Waals surface area contributed by atoms with Gasteiger partial charge in [0.1, 0.15) is 11.2 Å². The number of alkyl halides is 3. The molecule has 1 saturated heterocycles. The van der Waals surface area contributed by atoms with Crippen molar-refractivity contribution in [3.8, 4) is 0 Å².